The van der Waals surface area contributed by atoms with Crippen LogP contribution in [0.15, 0.2) is 34.7 Å². The molecule has 1 atom stereocenters. The maximum Gasteiger partial charge on any atom is 0.231 e. The molecule has 2 aromatic rings. The third kappa shape index (κ3) is 3.65. The van der Waals surface area contributed by atoms with Crippen molar-refractivity contribution in [1.29, 1.82) is 0 Å². The zero-order valence-corrected chi connectivity index (χ0v) is 12.4. The first-order valence-corrected chi connectivity index (χ1v) is 7.48. The van der Waals surface area contributed by atoms with E-state index in [1.54, 1.807) is 0 Å². The third-order valence-electron chi connectivity index (χ3n) is 3.91. The second-order valence-corrected chi connectivity index (χ2v) is 5.84. The first-order chi connectivity index (χ1) is 10.6. The smallest absolute Gasteiger partial charge is 0.231 e. The van der Waals surface area contributed by atoms with Gasteiger partial charge in [0.05, 0.1) is 19.2 Å². The highest BCUT2D eigenvalue weighted by Crippen LogP contribution is 2.20. The molecule has 6 heteroatoms. The topological polar surface area (TPSA) is 82.9 Å². The largest absolute Gasteiger partial charge is 0.460 e. The zero-order valence-electron chi connectivity index (χ0n) is 12.4. The van der Waals surface area contributed by atoms with Crippen LogP contribution in [0.5, 0.6) is 0 Å². The highest BCUT2D eigenvalue weighted by atomic mass is 16.3. The Morgan fingerprint density at radius 2 is 2.00 bits per heavy atom. The van der Waals surface area contributed by atoms with E-state index in [1.165, 1.54) is 0 Å². The minimum Gasteiger partial charge on any atom is -0.460 e. The molecule has 6 nitrogen and oxygen atoms in total. The molecule has 1 saturated heterocycles. The van der Waals surface area contributed by atoms with Gasteiger partial charge in [0.1, 0.15) is 11.3 Å². The number of para-hydroxylation sites is 1. The number of primary amides is 1. The second kappa shape index (κ2) is 6.48. The summed E-state index contributed by atoms with van der Waals surface area (Å²) in [6, 6.07) is 9.94. The normalized spacial score (nSPS) is 21.0. The first-order valence-electron chi connectivity index (χ1n) is 7.48. The predicted molar refractivity (Wildman–Crippen MR) is 83.1 cm³/mol. The average molecular weight is 303 g/mol. The van der Waals surface area contributed by atoms with Gasteiger partial charge in [0.15, 0.2) is 0 Å². The van der Waals surface area contributed by atoms with Crippen molar-refractivity contribution in [1.82, 2.24) is 9.80 Å². The predicted octanol–water partition coefficient (Wildman–Crippen LogP) is 0.397. The summed E-state index contributed by atoms with van der Waals surface area (Å²) in [6.45, 7) is 3.35. The Morgan fingerprint density at radius 1 is 1.27 bits per heavy atom. The van der Waals surface area contributed by atoms with E-state index in [2.05, 4.69) is 4.90 Å². The van der Waals surface area contributed by atoms with E-state index in [1.807, 2.05) is 35.2 Å². The number of fused-ring (bicyclic) bond motifs is 1. The van der Waals surface area contributed by atoms with Crippen LogP contribution in [0.1, 0.15) is 5.76 Å². The van der Waals surface area contributed by atoms with Crippen LogP contribution in [0.3, 0.4) is 0 Å². The number of nitrogens with two attached hydrogens (primary N) is 1. The van der Waals surface area contributed by atoms with Crippen LogP contribution in [-0.2, 0) is 11.3 Å². The molecule has 22 heavy (non-hydrogen) atoms. The lowest BCUT2D eigenvalue weighted by atomic mass is 10.2. The molecule has 0 aliphatic carbocycles. The number of rotatable bonds is 4. The number of aliphatic hydroxyl groups is 1. The van der Waals surface area contributed by atoms with Crippen LogP contribution >= 0.6 is 0 Å². The van der Waals surface area contributed by atoms with Crippen LogP contribution in [0.2, 0.25) is 0 Å². The minimum absolute atomic E-state index is 0.190. The fraction of sp³-hybridized carbons (Fsp3) is 0.438. The number of hydrogen-bond donors (Lipinski definition) is 2. The van der Waals surface area contributed by atoms with Crippen molar-refractivity contribution >= 4 is 16.9 Å². The maximum atomic E-state index is 11.0. The van der Waals surface area contributed by atoms with Gasteiger partial charge in [-0.25, -0.2) is 0 Å². The summed E-state index contributed by atoms with van der Waals surface area (Å²) in [5.41, 5.74) is 6.11. The molecule has 1 amide bonds. The van der Waals surface area contributed by atoms with Gasteiger partial charge in [-0.2, -0.15) is 0 Å². The van der Waals surface area contributed by atoms with E-state index in [4.69, 9.17) is 10.2 Å². The molecule has 1 unspecified atom stereocenters. The summed E-state index contributed by atoms with van der Waals surface area (Å²) in [6.07, 6.45) is -0.494. The number of hydrogen-bond acceptors (Lipinski definition) is 5. The standard InChI is InChI=1S/C16H21N3O3/c17-16(21)11-19-6-5-18(8-13(20)9-19)10-14-7-12-3-1-2-4-15(12)22-14/h1-4,7,13,20H,5-6,8-11H2,(H2,17,21). The molecule has 0 radical (unpaired) electrons. The van der Waals surface area contributed by atoms with E-state index in [0.29, 0.717) is 26.2 Å². The SMILES string of the molecule is NC(=O)CN1CCN(Cc2cc3ccccc3o2)CC(O)C1. The summed E-state index contributed by atoms with van der Waals surface area (Å²) in [4.78, 5) is 15.1. The molecule has 1 aromatic heterocycles. The number of carbonyl (C=O) groups excluding carboxylic acids is 1. The monoisotopic (exact) mass is 303 g/mol. The van der Waals surface area contributed by atoms with Crippen molar-refractivity contribution in [2.45, 2.75) is 12.6 Å². The molecule has 0 bridgehead atoms. The van der Waals surface area contributed by atoms with Gasteiger partial charge in [-0.3, -0.25) is 14.6 Å². The Kier molecular flexibility index (Phi) is 4.42. The number of amides is 1. The average Bonchev–Trinajstić information content (AvgIpc) is 2.77. The molecular weight excluding hydrogens is 282 g/mol. The number of aliphatic hydroxyl groups excluding tert-OH is 1. The van der Waals surface area contributed by atoms with Gasteiger partial charge in [-0.15, -0.1) is 0 Å². The van der Waals surface area contributed by atoms with Crippen LogP contribution < -0.4 is 5.73 Å². The molecular formula is C16H21N3O3. The second-order valence-electron chi connectivity index (χ2n) is 5.84. The van der Waals surface area contributed by atoms with Gasteiger partial charge in [0.25, 0.3) is 0 Å². The molecule has 118 valence electrons. The fourth-order valence-electron chi connectivity index (χ4n) is 2.96. The Morgan fingerprint density at radius 3 is 2.77 bits per heavy atom. The summed E-state index contributed by atoms with van der Waals surface area (Å²) in [5.74, 6) is 0.523. The molecule has 0 spiro atoms. The lowest BCUT2D eigenvalue weighted by molar-refractivity contribution is -0.119. The van der Waals surface area contributed by atoms with Gasteiger partial charge < -0.3 is 15.3 Å². The van der Waals surface area contributed by atoms with Crippen LogP contribution in [-0.4, -0.2) is 59.6 Å². The third-order valence-corrected chi connectivity index (χ3v) is 3.91. The van der Waals surface area contributed by atoms with E-state index >= 15 is 0 Å². The molecule has 2 heterocycles. The number of carbonyl (C=O) groups is 1. The number of benzene rings is 1. The Balaban J connectivity index is 1.65. The van der Waals surface area contributed by atoms with Gasteiger partial charge in [-0.05, 0) is 12.1 Å². The molecule has 1 aliphatic heterocycles. The number of furan rings is 1. The highest BCUT2D eigenvalue weighted by Gasteiger charge is 2.22. The zero-order chi connectivity index (χ0) is 15.5. The van der Waals surface area contributed by atoms with Crippen molar-refractivity contribution < 1.29 is 14.3 Å². The molecule has 1 fully saturated rings. The molecule has 3 N–H and O–H groups in total. The quantitative estimate of drug-likeness (QED) is 0.854. The Bertz CT molecular complexity index is 622. The van der Waals surface area contributed by atoms with Crippen molar-refractivity contribution in [3.63, 3.8) is 0 Å². The van der Waals surface area contributed by atoms with Gasteiger partial charge in [-0.1, -0.05) is 18.2 Å². The van der Waals surface area contributed by atoms with Crippen molar-refractivity contribution in [3.05, 3.63) is 36.1 Å². The van der Waals surface area contributed by atoms with Crippen molar-refractivity contribution in [2.75, 3.05) is 32.7 Å². The summed E-state index contributed by atoms with van der Waals surface area (Å²) >= 11 is 0. The minimum atomic E-state index is -0.494. The number of nitrogens with zero attached hydrogens (tertiary/aromatic N) is 2. The van der Waals surface area contributed by atoms with E-state index in [9.17, 15) is 9.90 Å². The maximum absolute atomic E-state index is 11.0. The Hall–Kier alpha value is -1.89. The van der Waals surface area contributed by atoms with Gasteiger partial charge >= 0.3 is 0 Å². The lowest BCUT2D eigenvalue weighted by Gasteiger charge is -2.19. The summed E-state index contributed by atoms with van der Waals surface area (Å²) < 4.78 is 5.83. The van der Waals surface area contributed by atoms with Gasteiger partial charge in [0, 0.05) is 31.6 Å². The highest BCUT2D eigenvalue weighted by molar-refractivity contribution is 5.77. The summed E-state index contributed by atoms with van der Waals surface area (Å²) in [5, 5.41) is 11.2. The van der Waals surface area contributed by atoms with E-state index in [0.717, 1.165) is 23.3 Å². The number of β-amino-alcohol motifs (C(OH)–C–C–N with tert-alkyl or cyclic N) is 1. The molecule has 3 rings (SSSR count). The van der Waals surface area contributed by atoms with Gasteiger partial charge in [0.2, 0.25) is 5.91 Å². The summed E-state index contributed by atoms with van der Waals surface area (Å²) in [7, 11) is 0. The lowest BCUT2D eigenvalue weighted by Crippen LogP contribution is -2.38. The van der Waals surface area contributed by atoms with Crippen LogP contribution in [0.4, 0.5) is 0 Å². The van der Waals surface area contributed by atoms with Crippen molar-refractivity contribution in [2.24, 2.45) is 5.73 Å². The van der Waals surface area contributed by atoms with Crippen LogP contribution in [0.25, 0.3) is 11.0 Å². The fourth-order valence-corrected chi connectivity index (χ4v) is 2.96. The molecule has 1 aromatic carbocycles. The van der Waals surface area contributed by atoms with Crippen molar-refractivity contribution in [3.8, 4) is 0 Å². The van der Waals surface area contributed by atoms with E-state index in [-0.39, 0.29) is 12.5 Å². The van der Waals surface area contributed by atoms with E-state index < -0.39 is 6.10 Å². The Labute approximate surface area is 129 Å². The first kappa shape index (κ1) is 15.0. The molecule has 1 aliphatic rings. The van der Waals surface area contributed by atoms with Crippen LogP contribution in [0, 0.1) is 0 Å². The molecule has 0 saturated carbocycles.